The summed E-state index contributed by atoms with van der Waals surface area (Å²) in [6.45, 7) is 5.85. The summed E-state index contributed by atoms with van der Waals surface area (Å²) in [5, 5.41) is 8.56. The van der Waals surface area contributed by atoms with Crippen molar-refractivity contribution in [2.75, 3.05) is 25.5 Å². The van der Waals surface area contributed by atoms with Gasteiger partial charge in [0.1, 0.15) is 0 Å². The first-order valence-electron chi connectivity index (χ1n) is 4.13. The van der Waals surface area contributed by atoms with Crippen LogP contribution in [0.5, 0.6) is 0 Å². The Hall–Kier alpha value is -0.110. The third-order valence-corrected chi connectivity index (χ3v) is 3.97. The van der Waals surface area contributed by atoms with Crippen molar-refractivity contribution in [3.63, 3.8) is 0 Å². The molecule has 0 saturated heterocycles. The Labute approximate surface area is 73.9 Å². The number of allylic oxidation sites excluding steroid dienone is 1. The van der Waals surface area contributed by atoms with Crippen molar-refractivity contribution in [1.82, 2.24) is 0 Å². The van der Waals surface area contributed by atoms with E-state index in [9.17, 15) is 4.57 Å². The molecule has 0 spiro atoms. The maximum Gasteiger partial charge on any atom is 0.206 e. The minimum atomic E-state index is -2.51. The lowest BCUT2D eigenvalue weighted by Crippen LogP contribution is -2.00. The van der Waals surface area contributed by atoms with Crippen LogP contribution in [-0.4, -0.2) is 30.6 Å². The first-order valence-corrected chi connectivity index (χ1v) is 6.12. The van der Waals surface area contributed by atoms with E-state index in [0.717, 1.165) is 0 Å². The van der Waals surface area contributed by atoms with E-state index in [1.165, 1.54) is 0 Å². The molecule has 0 aromatic rings. The average molecular weight is 192 g/mol. The van der Waals surface area contributed by atoms with Crippen LogP contribution in [0.15, 0.2) is 12.7 Å². The molecule has 1 N–H and O–H groups in total. The van der Waals surface area contributed by atoms with Crippen molar-refractivity contribution in [2.45, 2.75) is 13.3 Å². The van der Waals surface area contributed by atoms with Crippen LogP contribution in [0.1, 0.15) is 13.3 Å². The Morgan fingerprint density at radius 2 is 2.33 bits per heavy atom. The maximum atomic E-state index is 11.8. The number of aliphatic hydroxyl groups is 1. The summed E-state index contributed by atoms with van der Waals surface area (Å²) in [5.74, 6) is 0. The Bertz CT molecular complexity index is 168. The van der Waals surface area contributed by atoms with E-state index in [4.69, 9.17) is 9.63 Å². The molecule has 12 heavy (non-hydrogen) atoms. The predicted octanol–water partition coefficient (Wildman–Crippen LogP) is 1.87. The van der Waals surface area contributed by atoms with E-state index in [-0.39, 0.29) is 6.61 Å². The summed E-state index contributed by atoms with van der Waals surface area (Å²) in [6.07, 6.45) is 2.99. The van der Waals surface area contributed by atoms with Crippen LogP contribution in [0.25, 0.3) is 0 Å². The van der Waals surface area contributed by atoms with Crippen LogP contribution in [-0.2, 0) is 9.09 Å². The maximum absolute atomic E-state index is 11.8. The van der Waals surface area contributed by atoms with Gasteiger partial charge in [-0.15, -0.1) is 6.58 Å². The second kappa shape index (κ2) is 6.41. The number of aliphatic hydroxyl groups excluding tert-OH is 1. The largest absolute Gasteiger partial charge is 0.396 e. The number of rotatable bonds is 7. The molecular weight excluding hydrogens is 175 g/mol. The Morgan fingerprint density at radius 3 is 2.75 bits per heavy atom. The summed E-state index contributed by atoms with van der Waals surface area (Å²) in [4.78, 5) is 0. The molecule has 1 atom stereocenters. The minimum absolute atomic E-state index is 0.0637. The van der Waals surface area contributed by atoms with Gasteiger partial charge in [-0.1, -0.05) is 6.08 Å². The minimum Gasteiger partial charge on any atom is -0.396 e. The molecule has 0 rings (SSSR count). The van der Waals surface area contributed by atoms with Crippen LogP contribution in [0.4, 0.5) is 0 Å². The van der Waals surface area contributed by atoms with E-state index >= 15 is 0 Å². The molecule has 0 bridgehead atoms. The van der Waals surface area contributed by atoms with Crippen molar-refractivity contribution < 1.29 is 14.2 Å². The molecule has 0 aliphatic heterocycles. The molecule has 0 aliphatic carbocycles. The summed E-state index contributed by atoms with van der Waals surface area (Å²) in [6, 6.07) is 0. The molecule has 0 aromatic carbocycles. The molecule has 0 heterocycles. The molecule has 0 saturated carbocycles. The van der Waals surface area contributed by atoms with E-state index in [1.54, 1.807) is 6.08 Å². The molecule has 0 radical (unpaired) electrons. The molecule has 3 nitrogen and oxygen atoms in total. The molecule has 0 fully saturated rings. The van der Waals surface area contributed by atoms with Gasteiger partial charge in [0.05, 0.1) is 6.61 Å². The van der Waals surface area contributed by atoms with Gasteiger partial charge in [-0.05, 0) is 13.3 Å². The van der Waals surface area contributed by atoms with Gasteiger partial charge in [-0.2, -0.15) is 0 Å². The van der Waals surface area contributed by atoms with Crippen LogP contribution >= 0.6 is 7.37 Å². The molecule has 4 heteroatoms. The topological polar surface area (TPSA) is 46.5 Å². The lowest BCUT2D eigenvalue weighted by atomic mass is 10.5. The highest BCUT2D eigenvalue weighted by Gasteiger charge is 2.19. The first-order chi connectivity index (χ1) is 5.68. The van der Waals surface area contributed by atoms with Crippen LogP contribution < -0.4 is 0 Å². The highest BCUT2D eigenvalue weighted by atomic mass is 31.2. The van der Waals surface area contributed by atoms with E-state index in [2.05, 4.69) is 6.58 Å². The van der Waals surface area contributed by atoms with E-state index < -0.39 is 7.37 Å². The fourth-order valence-corrected chi connectivity index (χ4v) is 2.86. The monoisotopic (exact) mass is 192 g/mol. The van der Waals surface area contributed by atoms with Gasteiger partial charge in [0.25, 0.3) is 0 Å². The van der Waals surface area contributed by atoms with Crippen LogP contribution in [0.3, 0.4) is 0 Å². The SMILES string of the molecule is C=CCP(=O)(CCCO)OCC. The van der Waals surface area contributed by atoms with Crippen molar-refractivity contribution in [2.24, 2.45) is 0 Å². The third-order valence-electron chi connectivity index (χ3n) is 1.43. The van der Waals surface area contributed by atoms with Gasteiger partial charge in [-0.25, -0.2) is 0 Å². The van der Waals surface area contributed by atoms with Crippen molar-refractivity contribution in [3.05, 3.63) is 12.7 Å². The Kier molecular flexibility index (Phi) is 6.35. The van der Waals surface area contributed by atoms with Crippen LogP contribution in [0, 0.1) is 0 Å². The average Bonchev–Trinajstić information content (AvgIpc) is 2.02. The molecule has 0 amide bonds. The van der Waals surface area contributed by atoms with E-state index in [0.29, 0.717) is 25.4 Å². The zero-order chi connectivity index (χ0) is 9.45. The number of hydrogen-bond donors (Lipinski definition) is 1. The van der Waals surface area contributed by atoms with Gasteiger partial charge >= 0.3 is 0 Å². The predicted molar refractivity (Wildman–Crippen MR) is 50.9 cm³/mol. The second-order valence-electron chi connectivity index (χ2n) is 2.50. The fraction of sp³-hybridized carbons (Fsp3) is 0.750. The van der Waals surface area contributed by atoms with Crippen molar-refractivity contribution in [1.29, 1.82) is 0 Å². The Morgan fingerprint density at radius 1 is 1.67 bits per heavy atom. The summed E-state index contributed by atoms with van der Waals surface area (Å²) in [5.41, 5.74) is 0. The fourth-order valence-electron chi connectivity index (χ4n) is 0.952. The van der Waals surface area contributed by atoms with Crippen LogP contribution in [0.2, 0.25) is 0 Å². The lowest BCUT2D eigenvalue weighted by molar-refractivity contribution is 0.288. The summed E-state index contributed by atoms with van der Waals surface area (Å²) in [7, 11) is -2.51. The smallest absolute Gasteiger partial charge is 0.206 e. The highest BCUT2D eigenvalue weighted by molar-refractivity contribution is 7.59. The normalized spacial score (nSPS) is 15.5. The van der Waals surface area contributed by atoms with E-state index in [1.807, 2.05) is 6.92 Å². The standard InChI is InChI=1S/C8H17O3P/c1-3-7-12(10,11-4-2)8-5-6-9/h3,9H,1,4-8H2,2H3. The quantitative estimate of drug-likeness (QED) is 0.494. The second-order valence-corrected chi connectivity index (χ2v) is 5.20. The van der Waals surface area contributed by atoms with Gasteiger partial charge in [0.15, 0.2) is 0 Å². The van der Waals surface area contributed by atoms with Crippen molar-refractivity contribution >= 4 is 7.37 Å². The third kappa shape index (κ3) is 4.70. The Balaban J connectivity index is 3.98. The zero-order valence-corrected chi connectivity index (χ0v) is 8.43. The van der Waals surface area contributed by atoms with Gasteiger partial charge < -0.3 is 9.63 Å². The zero-order valence-electron chi connectivity index (χ0n) is 7.53. The van der Waals surface area contributed by atoms with Gasteiger partial charge in [0.2, 0.25) is 7.37 Å². The molecular formula is C8H17O3P. The van der Waals surface area contributed by atoms with Gasteiger partial charge in [0, 0.05) is 18.9 Å². The lowest BCUT2D eigenvalue weighted by Gasteiger charge is -2.14. The highest BCUT2D eigenvalue weighted by Crippen LogP contribution is 2.47. The molecule has 72 valence electrons. The first kappa shape index (κ1) is 11.9. The van der Waals surface area contributed by atoms with Crippen molar-refractivity contribution in [3.8, 4) is 0 Å². The summed E-state index contributed by atoms with van der Waals surface area (Å²) >= 11 is 0. The molecule has 0 aromatic heterocycles. The molecule has 0 aliphatic rings. The summed E-state index contributed by atoms with van der Waals surface area (Å²) < 4.78 is 16.9. The van der Waals surface area contributed by atoms with Gasteiger partial charge in [-0.3, -0.25) is 4.57 Å². The number of hydrogen-bond acceptors (Lipinski definition) is 3. The molecule has 1 unspecified atom stereocenters.